The van der Waals surface area contributed by atoms with Crippen LogP contribution < -0.4 is 5.73 Å². The Kier molecular flexibility index (Phi) is 10.9. The Hall–Kier alpha value is -3.84. The molecule has 230 valence electrons. The van der Waals surface area contributed by atoms with Crippen molar-refractivity contribution < 1.29 is 19.1 Å². The number of primary amides is 1. The Bertz CT molecular complexity index is 1400. The Balaban J connectivity index is 1.42. The van der Waals surface area contributed by atoms with Crippen LogP contribution in [0.4, 0.5) is 0 Å². The minimum Gasteiger partial charge on any atom is -0.448 e. The summed E-state index contributed by atoms with van der Waals surface area (Å²) in [4.78, 5) is 42.4. The molecule has 2 aliphatic heterocycles. The molecule has 0 radical (unpaired) electrons. The predicted molar refractivity (Wildman–Crippen MR) is 175 cm³/mol. The average Bonchev–Trinajstić information content (AvgIpc) is 3.06. The summed E-state index contributed by atoms with van der Waals surface area (Å²) in [5.74, 6) is -2.09. The molecule has 3 unspecified atom stereocenters. The lowest BCUT2D eigenvalue weighted by atomic mass is 9.78. The van der Waals surface area contributed by atoms with Gasteiger partial charge in [0.25, 0.3) is 0 Å². The third-order valence-electron chi connectivity index (χ3n) is 8.62. The lowest BCUT2D eigenvalue weighted by Gasteiger charge is -2.52. The Morgan fingerprint density at radius 1 is 0.818 bits per heavy atom. The average molecular weight is 611 g/mol. The fourth-order valence-electron chi connectivity index (χ4n) is 6.32. The molecule has 7 heteroatoms. The highest BCUT2D eigenvalue weighted by Crippen LogP contribution is 2.50. The largest absolute Gasteiger partial charge is 0.448 e. The van der Waals surface area contributed by atoms with Crippen molar-refractivity contribution in [2.75, 3.05) is 5.75 Å². The van der Waals surface area contributed by atoms with Crippen molar-refractivity contribution in [2.24, 2.45) is 11.7 Å². The molecule has 2 amide bonds. The molecule has 2 aliphatic rings. The van der Waals surface area contributed by atoms with E-state index in [-0.39, 0.29) is 11.3 Å². The van der Waals surface area contributed by atoms with Gasteiger partial charge in [0.2, 0.25) is 11.8 Å². The summed E-state index contributed by atoms with van der Waals surface area (Å²) >= 11 is 1.61. The summed E-state index contributed by atoms with van der Waals surface area (Å²) in [6, 6.07) is 28.6. The summed E-state index contributed by atoms with van der Waals surface area (Å²) in [6.45, 7) is 2.22. The number of unbranched alkanes of at least 4 members (excludes halogenated alkanes) is 6. The molecule has 3 aromatic carbocycles. The Labute approximate surface area is 265 Å². The van der Waals surface area contributed by atoms with Crippen molar-refractivity contribution in [3.8, 4) is 0 Å². The quantitative estimate of drug-likeness (QED) is 0.109. The van der Waals surface area contributed by atoms with Gasteiger partial charge in [-0.3, -0.25) is 14.5 Å². The number of nitrogens with two attached hydrogens (primary N) is 1. The van der Waals surface area contributed by atoms with Gasteiger partial charge in [0, 0.05) is 5.75 Å². The van der Waals surface area contributed by atoms with Crippen LogP contribution >= 0.6 is 11.8 Å². The zero-order valence-electron chi connectivity index (χ0n) is 25.4. The van der Waals surface area contributed by atoms with Gasteiger partial charge in [0.15, 0.2) is 6.10 Å². The van der Waals surface area contributed by atoms with Gasteiger partial charge < -0.3 is 10.5 Å². The molecular formula is C37H42N2O4S. The molecule has 0 aromatic heterocycles. The van der Waals surface area contributed by atoms with E-state index in [0.717, 1.165) is 42.4 Å². The number of hydrogen-bond donors (Lipinski definition) is 1. The second-order valence-electron chi connectivity index (χ2n) is 11.7. The smallest absolute Gasteiger partial charge is 0.356 e. The van der Waals surface area contributed by atoms with Crippen LogP contribution in [0.2, 0.25) is 0 Å². The highest BCUT2D eigenvalue weighted by atomic mass is 32.2. The maximum Gasteiger partial charge on any atom is 0.356 e. The first kappa shape index (κ1) is 31.6. The minimum atomic E-state index is -0.763. The normalized spacial score (nSPS) is 18.5. The van der Waals surface area contributed by atoms with Crippen LogP contribution in [0.1, 0.15) is 87.0 Å². The van der Waals surface area contributed by atoms with Crippen molar-refractivity contribution in [3.05, 3.63) is 119 Å². The van der Waals surface area contributed by atoms with E-state index in [1.54, 1.807) is 16.7 Å². The molecule has 3 atom stereocenters. The first-order valence-electron chi connectivity index (χ1n) is 15.8. The monoisotopic (exact) mass is 610 g/mol. The van der Waals surface area contributed by atoms with E-state index < -0.39 is 29.8 Å². The number of carbonyl (C=O) groups is 3. The molecule has 1 saturated heterocycles. The Morgan fingerprint density at radius 2 is 1.34 bits per heavy atom. The molecule has 0 aliphatic carbocycles. The number of β-lactam (4-membered cyclic amide) rings is 1. The fraction of sp³-hybridized carbons (Fsp3) is 0.378. The van der Waals surface area contributed by atoms with Crippen LogP contribution in [0.3, 0.4) is 0 Å². The predicted octanol–water partition coefficient (Wildman–Crippen LogP) is 7.51. The lowest BCUT2D eigenvalue weighted by Crippen LogP contribution is -2.64. The van der Waals surface area contributed by atoms with E-state index >= 15 is 0 Å². The zero-order chi connectivity index (χ0) is 30.9. The van der Waals surface area contributed by atoms with Crippen molar-refractivity contribution in [1.29, 1.82) is 0 Å². The molecule has 0 saturated carbocycles. The van der Waals surface area contributed by atoms with Gasteiger partial charge in [-0.2, -0.15) is 0 Å². The number of benzene rings is 3. The van der Waals surface area contributed by atoms with Crippen LogP contribution in [0, 0.1) is 5.92 Å². The highest BCUT2D eigenvalue weighted by Gasteiger charge is 2.58. The molecule has 5 rings (SSSR count). The summed E-state index contributed by atoms with van der Waals surface area (Å²) in [6.07, 6.45) is 8.24. The van der Waals surface area contributed by atoms with Crippen molar-refractivity contribution >= 4 is 29.5 Å². The van der Waals surface area contributed by atoms with Crippen LogP contribution in [-0.2, 0) is 19.1 Å². The number of hydrogen-bond acceptors (Lipinski definition) is 5. The highest BCUT2D eigenvalue weighted by molar-refractivity contribution is 8.00. The second-order valence-corrected chi connectivity index (χ2v) is 12.8. The topological polar surface area (TPSA) is 89.7 Å². The molecule has 2 heterocycles. The number of fused-ring (bicyclic) bond motifs is 1. The van der Waals surface area contributed by atoms with Crippen LogP contribution in [0.25, 0.3) is 0 Å². The van der Waals surface area contributed by atoms with E-state index in [1.165, 1.54) is 25.7 Å². The number of ether oxygens (including phenoxy) is 1. The molecule has 2 N–H and O–H groups in total. The summed E-state index contributed by atoms with van der Waals surface area (Å²) in [5, 5.41) is -0.368. The first-order valence-corrected chi connectivity index (χ1v) is 16.9. The van der Waals surface area contributed by atoms with E-state index in [1.807, 2.05) is 91.0 Å². The first-order chi connectivity index (χ1) is 21.5. The fourth-order valence-corrected chi connectivity index (χ4v) is 7.81. The molecular weight excluding hydrogens is 568 g/mol. The standard InChI is InChI=1S/C37H42N2O4S/c1-2-3-4-5-6-7-11-24-29-25-44-36-31(30(34(38)40)26-18-12-8-13-19-26)35(41)39(36)32(29)37(42)43-33(27-20-14-9-15-21-27)28-22-16-10-17-23-28/h8-10,12-23,30-31,33,36H,2-7,11,24-25H2,1H3,(H2,38,40). The summed E-state index contributed by atoms with van der Waals surface area (Å²) < 4.78 is 6.30. The Morgan fingerprint density at radius 3 is 1.89 bits per heavy atom. The van der Waals surface area contributed by atoms with Crippen molar-refractivity contribution in [1.82, 2.24) is 4.90 Å². The molecule has 3 aromatic rings. The number of nitrogens with zero attached hydrogens (tertiary/aromatic N) is 1. The van der Waals surface area contributed by atoms with Crippen LogP contribution in [0.5, 0.6) is 0 Å². The van der Waals surface area contributed by atoms with Gasteiger partial charge in [-0.25, -0.2) is 4.79 Å². The van der Waals surface area contributed by atoms with Gasteiger partial charge in [-0.05, 0) is 35.1 Å². The van der Waals surface area contributed by atoms with E-state index in [4.69, 9.17) is 10.5 Å². The number of esters is 1. The number of thioether (sulfide) groups is 1. The van der Waals surface area contributed by atoms with E-state index in [2.05, 4.69) is 6.92 Å². The second kappa shape index (κ2) is 15.2. The van der Waals surface area contributed by atoms with Crippen molar-refractivity contribution in [2.45, 2.75) is 75.7 Å². The minimum absolute atomic E-state index is 0.255. The van der Waals surface area contributed by atoms with Gasteiger partial charge in [0.1, 0.15) is 5.70 Å². The van der Waals surface area contributed by atoms with E-state index in [0.29, 0.717) is 17.0 Å². The third kappa shape index (κ3) is 7.10. The number of amides is 2. The molecule has 1 fully saturated rings. The zero-order valence-corrected chi connectivity index (χ0v) is 26.2. The molecule has 0 bridgehead atoms. The molecule has 0 spiro atoms. The maximum absolute atomic E-state index is 14.2. The SMILES string of the molecule is CCCCCCCCCC1=C(C(=O)OC(c2ccccc2)c2ccccc2)N2C(=O)C(C(C(N)=O)c3ccccc3)C2SC1. The summed E-state index contributed by atoms with van der Waals surface area (Å²) in [5.41, 5.74) is 9.59. The van der Waals surface area contributed by atoms with Gasteiger partial charge in [-0.1, -0.05) is 136 Å². The van der Waals surface area contributed by atoms with Crippen LogP contribution in [0.15, 0.2) is 102 Å². The third-order valence-corrected chi connectivity index (χ3v) is 9.98. The number of rotatable bonds is 15. The molecule has 44 heavy (non-hydrogen) atoms. The molecule has 6 nitrogen and oxygen atoms in total. The summed E-state index contributed by atoms with van der Waals surface area (Å²) in [7, 11) is 0. The van der Waals surface area contributed by atoms with Gasteiger partial charge in [0.05, 0.1) is 17.2 Å². The van der Waals surface area contributed by atoms with Gasteiger partial charge >= 0.3 is 5.97 Å². The maximum atomic E-state index is 14.2. The van der Waals surface area contributed by atoms with Gasteiger partial charge in [-0.15, -0.1) is 11.8 Å². The van der Waals surface area contributed by atoms with Crippen molar-refractivity contribution in [3.63, 3.8) is 0 Å². The van der Waals surface area contributed by atoms with E-state index in [9.17, 15) is 14.4 Å². The lowest BCUT2D eigenvalue weighted by molar-refractivity contribution is -0.158. The number of carbonyl (C=O) groups excluding carboxylic acids is 3. The van der Waals surface area contributed by atoms with Crippen LogP contribution in [-0.4, -0.2) is 33.8 Å².